The first-order valence-electron chi connectivity index (χ1n) is 5.87. The fraction of sp³-hybridized carbons (Fsp3) is 0.214. The second-order valence-electron chi connectivity index (χ2n) is 4.33. The average Bonchev–Trinajstić information content (AvgIpc) is 2.37. The van der Waals surface area contributed by atoms with Crippen LogP contribution < -0.4 is 5.32 Å². The smallest absolute Gasteiger partial charge is 0.152 e. The summed E-state index contributed by atoms with van der Waals surface area (Å²) in [5.74, 6) is -0.186. The number of hydrogen-bond donors (Lipinski definition) is 1. The van der Waals surface area contributed by atoms with E-state index in [1.54, 1.807) is 18.3 Å². The van der Waals surface area contributed by atoms with Crippen LogP contribution in [0.25, 0.3) is 0 Å². The van der Waals surface area contributed by atoms with Crippen LogP contribution in [-0.4, -0.2) is 11.0 Å². The van der Waals surface area contributed by atoms with E-state index in [0.717, 1.165) is 10.2 Å². The third-order valence-electron chi connectivity index (χ3n) is 2.69. The predicted molar refractivity (Wildman–Crippen MR) is 80.1 cm³/mol. The van der Waals surface area contributed by atoms with Gasteiger partial charge in [0, 0.05) is 16.7 Å². The lowest BCUT2D eigenvalue weighted by atomic mass is 10.1. The Morgan fingerprint density at radius 1 is 1.42 bits per heavy atom. The third-order valence-corrected chi connectivity index (χ3v) is 3.43. The molecule has 0 aliphatic carbocycles. The molecule has 1 aromatic carbocycles. The Balaban J connectivity index is 2.07. The Hall–Kier alpha value is -1.13. The highest BCUT2D eigenvalue weighted by Gasteiger charge is 2.10. The molecule has 1 unspecified atom stereocenters. The van der Waals surface area contributed by atoms with Crippen LogP contribution >= 0.6 is 27.5 Å². The Kier molecular flexibility index (Phi) is 4.77. The third kappa shape index (κ3) is 3.91. The molecule has 0 fully saturated rings. The Bertz CT molecular complexity index is 577. The lowest BCUT2D eigenvalue weighted by Gasteiger charge is -2.16. The predicted octanol–water partition coefficient (Wildman–Crippen LogP) is 4.68. The first-order valence-corrected chi connectivity index (χ1v) is 7.04. The van der Waals surface area contributed by atoms with Crippen molar-refractivity contribution in [1.29, 1.82) is 0 Å². The number of hydrogen-bond acceptors (Lipinski definition) is 2. The SMILES string of the molecule is CC(Cc1ccccc1F)Nc1cc(Br)cnc1Cl. The molecule has 2 rings (SSSR count). The van der Waals surface area contributed by atoms with Crippen molar-refractivity contribution in [3.63, 3.8) is 0 Å². The summed E-state index contributed by atoms with van der Waals surface area (Å²) in [5, 5.41) is 3.64. The summed E-state index contributed by atoms with van der Waals surface area (Å²) in [5.41, 5.74) is 1.42. The molecule has 0 saturated heterocycles. The van der Waals surface area contributed by atoms with Crippen molar-refractivity contribution in [2.45, 2.75) is 19.4 Å². The highest BCUT2D eigenvalue weighted by molar-refractivity contribution is 9.10. The second-order valence-corrected chi connectivity index (χ2v) is 5.61. The summed E-state index contributed by atoms with van der Waals surface area (Å²) in [4.78, 5) is 4.04. The molecule has 1 heterocycles. The zero-order chi connectivity index (χ0) is 13.8. The fourth-order valence-electron chi connectivity index (χ4n) is 1.83. The topological polar surface area (TPSA) is 24.9 Å². The molecular formula is C14H13BrClFN2. The average molecular weight is 344 g/mol. The normalized spacial score (nSPS) is 12.2. The number of halogens is 3. The van der Waals surface area contributed by atoms with Gasteiger partial charge in [-0.05, 0) is 47.0 Å². The molecule has 0 aliphatic heterocycles. The molecule has 0 radical (unpaired) electrons. The summed E-state index contributed by atoms with van der Waals surface area (Å²) in [6.07, 6.45) is 2.21. The van der Waals surface area contributed by atoms with Crippen molar-refractivity contribution in [3.8, 4) is 0 Å². The number of benzene rings is 1. The van der Waals surface area contributed by atoms with Gasteiger partial charge in [-0.15, -0.1) is 0 Å². The van der Waals surface area contributed by atoms with Gasteiger partial charge >= 0.3 is 0 Å². The van der Waals surface area contributed by atoms with Crippen LogP contribution in [-0.2, 0) is 6.42 Å². The first kappa shape index (κ1) is 14.3. The van der Waals surface area contributed by atoms with Gasteiger partial charge in [0.05, 0.1) is 5.69 Å². The number of pyridine rings is 1. The second kappa shape index (κ2) is 6.35. The summed E-state index contributed by atoms with van der Waals surface area (Å²) in [6, 6.07) is 8.67. The molecule has 1 N–H and O–H groups in total. The van der Waals surface area contributed by atoms with Crippen molar-refractivity contribution in [2.75, 3.05) is 5.32 Å². The Morgan fingerprint density at radius 3 is 2.89 bits per heavy atom. The maximum atomic E-state index is 13.6. The van der Waals surface area contributed by atoms with Crippen LogP contribution in [0.1, 0.15) is 12.5 Å². The van der Waals surface area contributed by atoms with E-state index in [1.165, 1.54) is 6.07 Å². The standard InChI is InChI=1S/C14H13BrClFN2/c1-9(6-10-4-2-3-5-12(10)17)19-13-7-11(15)8-18-14(13)16/h2-5,7-9,19H,6H2,1H3. The number of rotatable bonds is 4. The van der Waals surface area contributed by atoms with Crippen molar-refractivity contribution in [1.82, 2.24) is 4.98 Å². The monoisotopic (exact) mass is 342 g/mol. The molecule has 0 bridgehead atoms. The number of aromatic nitrogens is 1. The lowest BCUT2D eigenvalue weighted by molar-refractivity contribution is 0.601. The van der Waals surface area contributed by atoms with E-state index in [1.807, 2.05) is 19.1 Å². The minimum Gasteiger partial charge on any atom is -0.380 e. The maximum Gasteiger partial charge on any atom is 0.152 e. The van der Waals surface area contributed by atoms with Gasteiger partial charge in [0.1, 0.15) is 5.82 Å². The highest BCUT2D eigenvalue weighted by atomic mass is 79.9. The van der Waals surface area contributed by atoms with Crippen LogP contribution in [0.5, 0.6) is 0 Å². The number of nitrogens with zero attached hydrogens (tertiary/aromatic N) is 1. The van der Waals surface area contributed by atoms with Crippen LogP contribution in [0, 0.1) is 5.82 Å². The molecule has 1 atom stereocenters. The molecule has 19 heavy (non-hydrogen) atoms. The minimum absolute atomic E-state index is 0.0468. The van der Waals surface area contributed by atoms with Crippen molar-refractivity contribution in [2.24, 2.45) is 0 Å². The first-order chi connectivity index (χ1) is 9.06. The van der Waals surface area contributed by atoms with Gasteiger partial charge in [-0.1, -0.05) is 29.8 Å². The molecule has 1 aromatic heterocycles. The van der Waals surface area contributed by atoms with E-state index in [9.17, 15) is 4.39 Å². The molecular weight excluding hydrogens is 331 g/mol. The molecule has 0 amide bonds. The summed E-state index contributed by atoms with van der Waals surface area (Å²) >= 11 is 9.35. The van der Waals surface area contributed by atoms with Gasteiger partial charge < -0.3 is 5.32 Å². The quantitative estimate of drug-likeness (QED) is 0.815. The van der Waals surface area contributed by atoms with Crippen molar-refractivity contribution < 1.29 is 4.39 Å². The van der Waals surface area contributed by atoms with E-state index >= 15 is 0 Å². The van der Waals surface area contributed by atoms with Crippen molar-refractivity contribution >= 4 is 33.2 Å². The zero-order valence-electron chi connectivity index (χ0n) is 10.3. The van der Waals surface area contributed by atoms with E-state index in [4.69, 9.17) is 11.6 Å². The van der Waals surface area contributed by atoms with Crippen LogP contribution in [0.15, 0.2) is 41.0 Å². The number of nitrogens with one attached hydrogen (secondary N) is 1. The molecule has 100 valence electrons. The van der Waals surface area contributed by atoms with E-state index in [0.29, 0.717) is 17.1 Å². The van der Waals surface area contributed by atoms with Gasteiger partial charge in [0.25, 0.3) is 0 Å². The van der Waals surface area contributed by atoms with E-state index < -0.39 is 0 Å². The van der Waals surface area contributed by atoms with Crippen LogP contribution in [0.4, 0.5) is 10.1 Å². The summed E-state index contributed by atoms with van der Waals surface area (Å²) in [6.45, 7) is 1.98. The Morgan fingerprint density at radius 2 is 2.16 bits per heavy atom. The molecule has 0 aliphatic rings. The largest absolute Gasteiger partial charge is 0.380 e. The van der Waals surface area contributed by atoms with Gasteiger partial charge in [-0.25, -0.2) is 9.37 Å². The molecule has 2 aromatic rings. The molecule has 0 spiro atoms. The van der Waals surface area contributed by atoms with Gasteiger partial charge in [-0.3, -0.25) is 0 Å². The van der Waals surface area contributed by atoms with Crippen molar-refractivity contribution in [3.05, 3.63) is 57.5 Å². The molecule has 2 nitrogen and oxygen atoms in total. The lowest BCUT2D eigenvalue weighted by Crippen LogP contribution is -2.19. The van der Waals surface area contributed by atoms with Crippen LogP contribution in [0.2, 0.25) is 5.15 Å². The van der Waals surface area contributed by atoms with Crippen LogP contribution in [0.3, 0.4) is 0 Å². The van der Waals surface area contributed by atoms with Gasteiger partial charge in [-0.2, -0.15) is 0 Å². The molecule has 0 saturated carbocycles. The highest BCUT2D eigenvalue weighted by Crippen LogP contribution is 2.24. The zero-order valence-corrected chi connectivity index (χ0v) is 12.7. The fourth-order valence-corrected chi connectivity index (χ4v) is 2.32. The summed E-state index contributed by atoms with van der Waals surface area (Å²) in [7, 11) is 0. The maximum absolute atomic E-state index is 13.6. The number of anilines is 1. The van der Waals surface area contributed by atoms with Gasteiger partial charge in [0.15, 0.2) is 5.15 Å². The molecule has 5 heteroatoms. The van der Waals surface area contributed by atoms with E-state index in [2.05, 4.69) is 26.2 Å². The minimum atomic E-state index is -0.186. The van der Waals surface area contributed by atoms with E-state index in [-0.39, 0.29) is 11.9 Å². The van der Waals surface area contributed by atoms with Gasteiger partial charge in [0.2, 0.25) is 0 Å². The summed E-state index contributed by atoms with van der Waals surface area (Å²) < 4.78 is 14.4. The Labute approximate surface area is 125 Å².